The summed E-state index contributed by atoms with van der Waals surface area (Å²) in [5.41, 5.74) is 1.01. The molecule has 0 amide bonds. The van der Waals surface area contributed by atoms with E-state index in [1.165, 1.54) is 18.3 Å². The van der Waals surface area contributed by atoms with E-state index in [4.69, 9.17) is 0 Å². The smallest absolute Gasteiger partial charge is 0.306 e. The second kappa shape index (κ2) is 7.92. The number of aryl methyl sites for hydroxylation is 1. The molecule has 1 N–H and O–H groups in total. The second-order valence-corrected chi connectivity index (χ2v) is 9.50. The van der Waals surface area contributed by atoms with Crippen molar-refractivity contribution >= 4 is 21.8 Å². The lowest BCUT2D eigenvalue weighted by Gasteiger charge is -2.18. The van der Waals surface area contributed by atoms with E-state index in [1.807, 2.05) is 6.92 Å². The molecule has 8 heteroatoms. The van der Waals surface area contributed by atoms with Crippen molar-refractivity contribution in [2.24, 2.45) is 0 Å². The highest BCUT2D eigenvalue weighted by Crippen LogP contribution is 2.26. The van der Waals surface area contributed by atoms with Crippen molar-refractivity contribution in [3.63, 3.8) is 0 Å². The molecule has 0 bridgehead atoms. The molecule has 0 spiro atoms. The summed E-state index contributed by atoms with van der Waals surface area (Å²) >= 11 is 1.78. The molecule has 1 aliphatic heterocycles. The van der Waals surface area contributed by atoms with E-state index in [0.717, 1.165) is 23.7 Å². The Morgan fingerprint density at radius 2 is 2.00 bits per heavy atom. The van der Waals surface area contributed by atoms with E-state index < -0.39 is 26.6 Å². The molecule has 0 aliphatic carbocycles. The fourth-order valence-electron chi connectivity index (χ4n) is 3.00. The zero-order valence-electron chi connectivity index (χ0n) is 15.0. The second-order valence-electron chi connectivity index (χ2n) is 6.49. The maximum atomic E-state index is 13.0. The number of aromatic nitrogens is 1. The van der Waals surface area contributed by atoms with E-state index in [1.54, 1.807) is 36.0 Å². The van der Waals surface area contributed by atoms with Crippen LogP contribution in [0.3, 0.4) is 0 Å². The number of nitrogens with zero attached hydrogens (tertiary/aromatic N) is 2. The molecule has 6 nitrogen and oxygen atoms in total. The molecule has 0 radical (unpaired) electrons. The van der Waals surface area contributed by atoms with E-state index in [0.29, 0.717) is 21.6 Å². The monoisotopic (exact) mass is 406 g/mol. The average Bonchev–Trinajstić information content (AvgIpc) is 3.14. The summed E-state index contributed by atoms with van der Waals surface area (Å²) in [4.78, 5) is 14.7. The summed E-state index contributed by atoms with van der Waals surface area (Å²) in [5.74, 6) is 1.31. The fraction of sp³-hybridized carbons (Fsp3) is 0.316. The molecular weight excluding hydrogens is 384 g/mol. The van der Waals surface area contributed by atoms with Crippen molar-refractivity contribution in [2.45, 2.75) is 18.7 Å². The minimum absolute atomic E-state index is 0.414. The van der Waals surface area contributed by atoms with Gasteiger partial charge in [-0.15, -0.1) is 18.3 Å². The van der Waals surface area contributed by atoms with Crippen LogP contribution in [-0.2, 0) is 16.6 Å². The van der Waals surface area contributed by atoms with Crippen LogP contribution in [0, 0.1) is 6.92 Å². The number of benzene rings is 1. The maximum Gasteiger partial charge on any atom is 0.306 e. The number of pyridine rings is 1. The Hall–Kier alpha value is -2.03. The topological polar surface area (TPSA) is 79.6 Å². The van der Waals surface area contributed by atoms with Crippen LogP contribution in [0.25, 0.3) is 0 Å². The molecule has 3 rings (SSSR count). The number of rotatable bonds is 6. The minimum Gasteiger partial charge on any atom is -0.503 e. The first-order chi connectivity index (χ1) is 12.8. The van der Waals surface area contributed by atoms with E-state index >= 15 is 0 Å². The summed E-state index contributed by atoms with van der Waals surface area (Å²) in [7, 11) is -4.11. The quantitative estimate of drug-likeness (QED) is 0.743. The predicted octanol–water partition coefficient (Wildman–Crippen LogP) is 2.47. The fourth-order valence-corrected chi connectivity index (χ4v) is 5.53. The number of hydrogen-bond acceptors (Lipinski definition) is 6. The Morgan fingerprint density at radius 3 is 2.59 bits per heavy atom. The van der Waals surface area contributed by atoms with Gasteiger partial charge in [0, 0.05) is 36.5 Å². The van der Waals surface area contributed by atoms with Crippen LogP contribution in [0.4, 0.5) is 0 Å². The number of thioether (sulfide) groups is 1. The van der Waals surface area contributed by atoms with Crippen LogP contribution in [0.2, 0.25) is 0 Å². The van der Waals surface area contributed by atoms with Gasteiger partial charge in [0.2, 0.25) is 0 Å². The Labute approximate surface area is 163 Å². The zero-order chi connectivity index (χ0) is 19.6. The van der Waals surface area contributed by atoms with Crippen molar-refractivity contribution in [1.82, 2.24) is 8.87 Å². The van der Waals surface area contributed by atoms with Crippen LogP contribution >= 0.6 is 11.8 Å². The highest BCUT2D eigenvalue weighted by atomic mass is 32.2. The van der Waals surface area contributed by atoms with Gasteiger partial charge in [0.1, 0.15) is 5.25 Å². The van der Waals surface area contributed by atoms with E-state index in [2.05, 4.69) is 11.5 Å². The lowest BCUT2D eigenvalue weighted by Crippen LogP contribution is -2.31. The molecule has 27 heavy (non-hydrogen) atoms. The molecule has 1 atom stereocenters. The Kier molecular flexibility index (Phi) is 5.78. The summed E-state index contributed by atoms with van der Waals surface area (Å²) in [6, 6.07) is 8.50. The van der Waals surface area contributed by atoms with E-state index in [9.17, 15) is 18.3 Å². The van der Waals surface area contributed by atoms with Crippen LogP contribution in [0.15, 0.2) is 54.0 Å². The normalized spacial score (nSPS) is 16.3. The molecule has 144 valence electrons. The van der Waals surface area contributed by atoms with E-state index in [-0.39, 0.29) is 0 Å². The van der Waals surface area contributed by atoms with Crippen LogP contribution < -0.4 is 5.56 Å². The molecule has 2 heterocycles. The summed E-state index contributed by atoms with van der Waals surface area (Å²) in [5, 5.41) is 9.22. The third-order valence-corrected chi connectivity index (χ3v) is 7.51. The molecule has 1 fully saturated rings. The Morgan fingerprint density at radius 1 is 1.30 bits per heavy atom. The van der Waals surface area contributed by atoms with Gasteiger partial charge in [-0.3, -0.25) is 9.69 Å². The van der Waals surface area contributed by atoms with Gasteiger partial charge in [-0.2, -0.15) is 0 Å². The van der Waals surface area contributed by atoms with Crippen molar-refractivity contribution < 1.29 is 13.5 Å². The largest absolute Gasteiger partial charge is 0.503 e. The first-order valence-electron chi connectivity index (χ1n) is 8.51. The standard InChI is InChI=1S/C19H22N2O4S2/c1-3-17(15-6-4-14(2)5-7-15)27(24,25)21-9-8-16(18(22)19(21)23)12-20-10-11-26-13-20/h3-9,17,22H,1,10-13H2,2H3. The third kappa shape index (κ3) is 3.97. The molecule has 1 saturated heterocycles. The molecule has 1 aliphatic rings. The SMILES string of the molecule is C=CC(c1ccc(C)cc1)S(=O)(=O)n1ccc(CN2CCSC2)c(O)c1=O. The average molecular weight is 407 g/mol. The molecule has 1 aromatic heterocycles. The van der Waals surface area contributed by atoms with Crippen LogP contribution in [-0.4, -0.2) is 40.6 Å². The van der Waals surface area contributed by atoms with Gasteiger partial charge in [0.25, 0.3) is 10.0 Å². The van der Waals surface area contributed by atoms with Crippen molar-refractivity contribution in [1.29, 1.82) is 0 Å². The summed E-state index contributed by atoms with van der Waals surface area (Å²) in [6.45, 7) is 6.81. The van der Waals surface area contributed by atoms with Crippen LogP contribution in [0.5, 0.6) is 5.75 Å². The minimum atomic E-state index is -4.11. The van der Waals surface area contributed by atoms with Gasteiger partial charge < -0.3 is 5.11 Å². The van der Waals surface area contributed by atoms with Crippen molar-refractivity contribution in [3.8, 4) is 5.75 Å². The van der Waals surface area contributed by atoms with Gasteiger partial charge in [0.05, 0.1) is 0 Å². The lowest BCUT2D eigenvalue weighted by molar-refractivity contribution is 0.338. The summed E-state index contributed by atoms with van der Waals surface area (Å²) in [6.07, 6.45) is 2.51. The first-order valence-corrected chi connectivity index (χ1v) is 11.2. The van der Waals surface area contributed by atoms with Crippen molar-refractivity contribution in [3.05, 3.63) is 76.2 Å². The molecule has 2 aromatic rings. The predicted molar refractivity (Wildman–Crippen MR) is 109 cm³/mol. The molecule has 1 aromatic carbocycles. The molecule has 0 saturated carbocycles. The van der Waals surface area contributed by atoms with Crippen LogP contribution in [0.1, 0.15) is 21.9 Å². The van der Waals surface area contributed by atoms with Gasteiger partial charge >= 0.3 is 5.56 Å². The number of hydrogen-bond donors (Lipinski definition) is 1. The Bertz CT molecular complexity index is 991. The van der Waals surface area contributed by atoms with Crippen molar-refractivity contribution in [2.75, 3.05) is 18.2 Å². The highest BCUT2D eigenvalue weighted by Gasteiger charge is 2.29. The zero-order valence-corrected chi connectivity index (χ0v) is 16.7. The van der Waals surface area contributed by atoms with Gasteiger partial charge in [-0.05, 0) is 18.6 Å². The molecular formula is C19H22N2O4S2. The first kappa shape index (κ1) is 19.7. The summed E-state index contributed by atoms with van der Waals surface area (Å²) < 4.78 is 26.7. The highest BCUT2D eigenvalue weighted by molar-refractivity contribution is 7.99. The number of aromatic hydroxyl groups is 1. The maximum absolute atomic E-state index is 13.0. The molecule has 1 unspecified atom stereocenters. The Balaban J connectivity index is 1.98. The van der Waals surface area contributed by atoms with Gasteiger partial charge in [-0.25, -0.2) is 12.4 Å². The lowest BCUT2D eigenvalue weighted by atomic mass is 10.1. The third-order valence-electron chi connectivity index (χ3n) is 4.55. The van der Waals surface area contributed by atoms with Gasteiger partial charge in [0.15, 0.2) is 5.75 Å². The van der Waals surface area contributed by atoms with Gasteiger partial charge in [-0.1, -0.05) is 35.9 Å².